The summed E-state index contributed by atoms with van der Waals surface area (Å²) in [6.07, 6.45) is 2.23. The lowest BCUT2D eigenvalue weighted by Crippen LogP contribution is -2.41. The molecule has 1 saturated heterocycles. The van der Waals surface area contributed by atoms with Crippen molar-refractivity contribution in [3.05, 3.63) is 0 Å². The molecule has 1 fully saturated rings. The fourth-order valence-electron chi connectivity index (χ4n) is 2.09. The van der Waals surface area contributed by atoms with E-state index in [4.69, 9.17) is 5.11 Å². The predicted molar refractivity (Wildman–Crippen MR) is 59.9 cm³/mol. The van der Waals surface area contributed by atoms with Gasteiger partial charge < -0.3 is 10.4 Å². The minimum Gasteiger partial charge on any atom is -0.481 e. The van der Waals surface area contributed by atoms with Crippen LogP contribution in [0.2, 0.25) is 0 Å². The van der Waals surface area contributed by atoms with E-state index in [0.717, 1.165) is 32.5 Å². The van der Waals surface area contributed by atoms with Crippen molar-refractivity contribution >= 4 is 5.97 Å². The smallest absolute Gasteiger partial charge is 0.307 e. The standard InChI is InChI=1S/C11H22N2O2/c1-3-6-13(8-9(2)11(14)15)10-4-5-12-7-10/h9-10,12H,3-8H2,1-2H3,(H,14,15). The number of hydrogen-bond donors (Lipinski definition) is 2. The molecule has 2 atom stereocenters. The van der Waals surface area contributed by atoms with E-state index in [1.54, 1.807) is 6.92 Å². The Hall–Kier alpha value is -0.610. The van der Waals surface area contributed by atoms with Crippen LogP contribution in [0.5, 0.6) is 0 Å². The summed E-state index contributed by atoms with van der Waals surface area (Å²) in [5.41, 5.74) is 0. The van der Waals surface area contributed by atoms with E-state index < -0.39 is 5.97 Å². The van der Waals surface area contributed by atoms with Gasteiger partial charge in [0.25, 0.3) is 0 Å². The van der Waals surface area contributed by atoms with Gasteiger partial charge in [0.1, 0.15) is 0 Å². The second kappa shape index (κ2) is 6.08. The minimum absolute atomic E-state index is 0.267. The predicted octanol–water partition coefficient (Wildman–Crippen LogP) is 0.781. The van der Waals surface area contributed by atoms with Gasteiger partial charge in [0.05, 0.1) is 5.92 Å². The first-order valence-corrected chi connectivity index (χ1v) is 5.82. The normalized spacial score (nSPS) is 23.3. The van der Waals surface area contributed by atoms with E-state index in [0.29, 0.717) is 12.6 Å². The van der Waals surface area contributed by atoms with Gasteiger partial charge in [0.15, 0.2) is 0 Å². The molecular weight excluding hydrogens is 192 g/mol. The van der Waals surface area contributed by atoms with E-state index in [2.05, 4.69) is 17.1 Å². The zero-order chi connectivity index (χ0) is 11.3. The summed E-state index contributed by atoms with van der Waals surface area (Å²) in [5.74, 6) is -0.959. The lowest BCUT2D eigenvalue weighted by atomic mass is 10.1. The van der Waals surface area contributed by atoms with Crippen LogP contribution >= 0.6 is 0 Å². The van der Waals surface area contributed by atoms with Crippen molar-refractivity contribution in [2.45, 2.75) is 32.7 Å². The molecule has 0 aromatic heterocycles. The Morgan fingerprint density at radius 1 is 1.67 bits per heavy atom. The minimum atomic E-state index is -0.693. The summed E-state index contributed by atoms with van der Waals surface area (Å²) in [6, 6.07) is 0.534. The number of carboxylic acid groups (broad SMARTS) is 1. The summed E-state index contributed by atoms with van der Waals surface area (Å²) < 4.78 is 0. The van der Waals surface area contributed by atoms with Gasteiger partial charge in [-0.05, 0) is 25.9 Å². The molecule has 0 aromatic carbocycles. The van der Waals surface area contributed by atoms with Crippen LogP contribution in [0.4, 0.5) is 0 Å². The number of carbonyl (C=O) groups is 1. The Morgan fingerprint density at radius 2 is 2.40 bits per heavy atom. The van der Waals surface area contributed by atoms with Gasteiger partial charge >= 0.3 is 5.97 Å². The Morgan fingerprint density at radius 3 is 2.87 bits per heavy atom. The maximum Gasteiger partial charge on any atom is 0.307 e. The zero-order valence-corrected chi connectivity index (χ0v) is 9.70. The molecule has 1 aliphatic heterocycles. The monoisotopic (exact) mass is 214 g/mol. The average Bonchev–Trinajstić information content (AvgIpc) is 2.69. The van der Waals surface area contributed by atoms with Crippen LogP contribution in [-0.2, 0) is 4.79 Å². The van der Waals surface area contributed by atoms with Crippen molar-refractivity contribution in [3.8, 4) is 0 Å². The highest BCUT2D eigenvalue weighted by atomic mass is 16.4. The number of hydrogen-bond acceptors (Lipinski definition) is 3. The highest BCUT2D eigenvalue weighted by molar-refractivity contribution is 5.69. The van der Waals surface area contributed by atoms with Crippen LogP contribution in [0, 0.1) is 5.92 Å². The van der Waals surface area contributed by atoms with Gasteiger partial charge in [-0.15, -0.1) is 0 Å². The maximum absolute atomic E-state index is 10.8. The molecule has 88 valence electrons. The van der Waals surface area contributed by atoms with Crippen molar-refractivity contribution in [2.75, 3.05) is 26.2 Å². The molecule has 0 spiro atoms. The Labute approximate surface area is 91.6 Å². The first-order chi connectivity index (χ1) is 7.15. The van der Waals surface area contributed by atoms with Gasteiger partial charge in [-0.25, -0.2) is 0 Å². The summed E-state index contributed by atoms with van der Waals surface area (Å²) in [5, 5.41) is 12.2. The number of aliphatic carboxylic acids is 1. The summed E-state index contributed by atoms with van der Waals surface area (Å²) in [6.45, 7) is 7.67. The lowest BCUT2D eigenvalue weighted by molar-refractivity contribution is -0.141. The molecular formula is C11H22N2O2. The molecule has 4 nitrogen and oxygen atoms in total. The summed E-state index contributed by atoms with van der Waals surface area (Å²) in [7, 11) is 0. The summed E-state index contributed by atoms with van der Waals surface area (Å²) >= 11 is 0. The molecule has 0 amide bonds. The quantitative estimate of drug-likeness (QED) is 0.686. The van der Waals surface area contributed by atoms with E-state index in [-0.39, 0.29) is 5.92 Å². The second-order valence-corrected chi connectivity index (χ2v) is 4.38. The Bertz CT molecular complexity index is 203. The topological polar surface area (TPSA) is 52.6 Å². The molecule has 0 aromatic rings. The van der Waals surface area contributed by atoms with Crippen molar-refractivity contribution < 1.29 is 9.90 Å². The largest absolute Gasteiger partial charge is 0.481 e. The van der Waals surface area contributed by atoms with Crippen LogP contribution < -0.4 is 5.32 Å². The molecule has 1 heterocycles. The number of carboxylic acids is 1. The van der Waals surface area contributed by atoms with Crippen molar-refractivity contribution in [1.29, 1.82) is 0 Å². The van der Waals surface area contributed by atoms with Crippen LogP contribution in [0.3, 0.4) is 0 Å². The molecule has 0 saturated carbocycles. The molecule has 4 heteroatoms. The highest BCUT2D eigenvalue weighted by Gasteiger charge is 2.24. The lowest BCUT2D eigenvalue weighted by Gasteiger charge is -2.29. The van der Waals surface area contributed by atoms with Crippen molar-refractivity contribution in [2.24, 2.45) is 5.92 Å². The van der Waals surface area contributed by atoms with E-state index in [1.807, 2.05) is 0 Å². The first-order valence-electron chi connectivity index (χ1n) is 5.82. The van der Waals surface area contributed by atoms with Crippen LogP contribution in [-0.4, -0.2) is 48.2 Å². The second-order valence-electron chi connectivity index (χ2n) is 4.38. The van der Waals surface area contributed by atoms with Gasteiger partial charge in [0, 0.05) is 19.1 Å². The molecule has 2 unspecified atom stereocenters. The van der Waals surface area contributed by atoms with Crippen LogP contribution in [0.25, 0.3) is 0 Å². The van der Waals surface area contributed by atoms with Crippen molar-refractivity contribution in [3.63, 3.8) is 0 Å². The van der Waals surface area contributed by atoms with Crippen LogP contribution in [0.15, 0.2) is 0 Å². The Balaban J connectivity index is 2.45. The fourth-order valence-corrected chi connectivity index (χ4v) is 2.09. The number of rotatable bonds is 6. The van der Waals surface area contributed by atoms with E-state index in [9.17, 15) is 4.79 Å². The third-order valence-electron chi connectivity index (χ3n) is 2.99. The third kappa shape index (κ3) is 3.80. The third-order valence-corrected chi connectivity index (χ3v) is 2.99. The molecule has 1 rings (SSSR count). The first kappa shape index (κ1) is 12.5. The number of nitrogens with one attached hydrogen (secondary N) is 1. The van der Waals surface area contributed by atoms with E-state index in [1.165, 1.54) is 0 Å². The van der Waals surface area contributed by atoms with Gasteiger partial charge in [-0.3, -0.25) is 9.69 Å². The molecule has 2 N–H and O–H groups in total. The van der Waals surface area contributed by atoms with Crippen LogP contribution in [0.1, 0.15) is 26.7 Å². The summed E-state index contributed by atoms with van der Waals surface area (Å²) in [4.78, 5) is 13.1. The molecule has 15 heavy (non-hydrogen) atoms. The SMILES string of the molecule is CCCN(CC(C)C(=O)O)C1CCNC1. The molecule has 0 aliphatic carbocycles. The highest BCUT2D eigenvalue weighted by Crippen LogP contribution is 2.12. The number of nitrogens with zero attached hydrogens (tertiary/aromatic N) is 1. The van der Waals surface area contributed by atoms with Crippen molar-refractivity contribution in [1.82, 2.24) is 10.2 Å². The molecule has 0 radical (unpaired) electrons. The van der Waals surface area contributed by atoms with Gasteiger partial charge in [0.2, 0.25) is 0 Å². The van der Waals surface area contributed by atoms with Gasteiger partial charge in [-0.1, -0.05) is 13.8 Å². The molecule has 0 bridgehead atoms. The van der Waals surface area contributed by atoms with E-state index >= 15 is 0 Å². The Kier molecular flexibility index (Phi) is 5.05. The zero-order valence-electron chi connectivity index (χ0n) is 9.70. The molecule has 1 aliphatic rings. The fraction of sp³-hybridized carbons (Fsp3) is 0.909. The average molecular weight is 214 g/mol. The van der Waals surface area contributed by atoms with Gasteiger partial charge in [-0.2, -0.15) is 0 Å². The maximum atomic E-state index is 10.8.